The molecule has 3 nitrogen and oxygen atoms in total. The summed E-state index contributed by atoms with van der Waals surface area (Å²) in [6.45, 7) is 6.02. The lowest BCUT2D eigenvalue weighted by molar-refractivity contribution is -0.122. The minimum atomic E-state index is -0.164. The number of halogens is 2. The van der Waals surface area contributed by atoms with Crippen LogP contribution in [0, 0.1) is 0 Å². The van der Waals surface area contributed by atoms with Gasteiger partial charge in [-0.1, -0.05) is 28.1 Å². The Morgan fingerprint density at radius 1 is 1.47 bits per heavy atom. The predicted molar refractivity (Wildman–Crippen MR) is 75.2 cm³/mol. The molecule has 0 aliphatic carbocycles. The van der Waals surface area contributed by atoms with Gasteiger partial charge in [-0.15, -0.1) is 0 Å². The first-order valence-corrected chi connectivity index (χ1v) is 6.56. The number of benzene rings is 1. The van der Waals surface area contributed by atoms with Crippen molar-refractivity contribution in [2.75, 3.05) is 13.2 Å². The molecule has 0 aliphatic rings. The molecule has 0 spiro atoms. The van der Waals surface area contributed by atoms with Gasteiger partial charge in [-0.2, -0.15) is 0 Å². The first kappa shape index (κ1) is 14.3. The third-order valence-electron chi connectivity index (χ3n) is 1.84. The van der Waals surface area contributed by atoms with Gasteiger partial charge < -0.3 is 10.1 Å². The molecule has 1 amide bonds. The topological polar surface area (TPSA) is 38.3 Å². The number of carbonyl (C=O) groups is 1. The quantitative estimate of drug-likeness (QED) is 0.816. The van der Waals surface area contributed by atoms with Gasteiger partial charge in [0.25, 0.3) is 5.91 Å². The number of carbonyl (C=O) groups excluding carboxylic acids is 1. The van der Waals surface area contributed by atoms with E-state index in [1.165, 1.54) is 0 Å². The van der Waals surface area contributed by atoms with Crippen molar-refractivity contribution in [2.45, 2.75) is 6.92 Å². The van der Waals surface area contributed by atoms with Gasteiger partial charge >= 0.3 is 0 Å². The van der Waals surface area contributed by atoms with Crippen LogP contribution in [0.25, 0.3) is 0 Å². The lowest BCUT2D eigenvalue weighted by atomic mass is 10.3. The number of hydrogen-bond donors (Lipinski definition) is 1. The third kappa shape index (κ3) is 5.37. The Bertz CT molecular complexity index is 433. The molecule has 1 aromatic rings. The van der Waals surface area contributed by atoms with E-state index < -0.39 is 0 Å². The molecule has 5 heteroatoms. The van der Waals surface area contributed by atoms with E-state index in [4.69, 9.17) is 4.74 Å². The minimum absolute atomic E-state index is 0.00644. The SMILES string of the molecule is C=C(C)CNC(=O)COc1ccc(Br)cc1Br. The van der Waals surface area contributed by atoms with Gasteiger partial charge in [0.15, 0.2) is 6.61 Å². The van der Waals surface area contributed by atoms with Gasteiger partial charge in [0.1, 0.15) is 5.75 Å². The third-order valence-corrected chi connectivity index (χ3v) is 2.95. The standard InChI is InChI=1S/C12H13Br2NO2/c1-8(2)6-15-12(16)7-17-11-4-3-9(13)5-10(11)14/h3-5H,1,6-7H2,2H3,(H,15,16). The van der Waals surface area contributed by atoms with Gasteiger partial charge in [-0.05, 0) is 41.1 Å². The molecule has 0 bridgehead atoms. The first-order valence-electron chi connectivity index (χ1n) is 4.98. The Hall–Kier alpha value is -0.810. The number of hydrogen-bond acceptors (Lipinski definition) is 2. The molecule has 0 atom stereocenters. The highest BCUT2D eigenvalue weighted by atomic mass is 79.9. The van der Waals surface area contributed by atoms with Gasteiger partial charge in [0.05, 0.1) is 4.47 Å². The summed E-state index contributed by atoms with van der Waals surface area (Å²) >= 11 is 6.70. The molecule has 0 aromatic heterocycles. The van der Waals surface area contributed by atoms with E-state index in [0.29, 0.717) is 12.3 Å². The maximum Gasteiger partial charge on any atom is 0.258 e. The summed E-state index contributed by atoms with van der Waals surface area (Å²) in [6.07, 6.45) is 0. The summed E-state index contributed by atoms with van der Waals surface area (Å²) in [6, 6.07) is 5.51. The van der Waals surface area contributed by atoms with Crippen molar-refractivity contribution in [2.24, 2.45) is 0 Å². The molecule has 17 heavy (non-hydrogen) atoms. The largest absolute Gasteiger partial charge is 0.483 e. The highest BCUT2D eigenvalue weighted by molar-refractivity contribution is 9.11. The average molecular weight is 363 g/mol. The van der Waals surface area contributed by atoms with E-state index in [9.17, 15) is 4.79 Å². The van der Waals surface area contributed by atoms with E-state index in [2.05, 4.69) is 43.8 Å². The summed E-state index contributed by atoms with van der Waals surface area (Å²) in [5, 5.41) is 2.70. The molecule has 0 fully saturated rings. The highest BCUT2D eigenvalue weighted by Gasteiger charge is 2.05. The summed E-state index contributed by atoms with van der Waals surface area (Å²) in [7, 11) is 0. The van der Waals surface area contributed by atoms with Crippen molar-refractivity contribution in [1.29, 1.82) is 0 Å². The van der Waals surface area contributed by atoms with E-state index in [0.717, 1.165) is 14.5 Å². The zero-order chi connectivity index (χ0) is 12.8. The lowest BCUT2D eigenvalue weighted by Crippen LogP contribution is -2.30. The second-order valence-corrected chi connectivity index (χ2v) is 5.37. The Kier molecular flexibility index (Phi) is 5.71. The van der Waals surface area contributed by atoms with Gasteiger partial charge in [0, 0.05) is 11.0 Å². The number of ether oxygens (including phenoxy) is 1. The molecule has 1 rings (SSSR count). The van der Waals surface area contributed by atoms with E-state index in [1.807, 2.05) is 19.1 Å². The van der Waals surface area contributed by atoms with Crippen LogP contribution in [0.1, 0.15) is 6.92 Å². The van der Waals surface area contributed by atoms with Crippen molar-refractivity contribution in [3.8, 4) is 5.75 Å². The second kappa shape index (κ2) is 6.81. The predicted octanol–water partition coefficient (Wildman–Crippen LogP) is 3.28. The molecule has 92 valence electrons. The van der Waals surface area contributed by atoms with E-state index >= 15 is 0 Å². The van der Waals surface area contributed by atoms with Crippen molar-refractivity contribution in [1.82, 2.24) is 5.32 Å². The van der Waals surface area contributed by atoms with Crippen LogP contribution < -0.4 is 10.1 Å². The van der Waals surface area contributed by atoms with Crippen molar-refractivity contribution in [3.05, 3.63) is 39.3 Å². The Balaban J connectivity index is 2.44. The first-order chi connectivity index (χ1) is 7.99. The maximum absolute atomic E-state index is 11.4. The van der Waals surface area contributed by atoms with E-state index in [1.54, 1.807) is 6.07 Å². The van der Waals surface area contributed by atoms with Gasteiger partial charge in [0.2, 0.25) is 0 Å². The Morgan fingerprint density at radius 3 is 2.76 bits per heavy atom. The molecule has 0 saturated heterocycles. The fourth-order valence-electron chi connectivity index (χ4n) is 1.04. The molecule has 0 aliphatic heterocycles. The zero-order valence-corrected chi connectivity index (χ0v) is 12.6. The van der Waals surface area contributed by atoms with E-state index in [-0.39, 0.29) is 12.5 Å². The van der Waals surface area contributed by atoms with Crippen LogP contribution >= 0.6 is 31.9 Å². The Morgan fingerprint density at radius 2 is 2.18 bits per heavy atom. The molecular weight excluding hydrogens is 350 g/mol. The van der Waals surface area contributed by atoms with Crippen LogP contribution in [-0.4, -0.2) is 19.1 Å². The second-order valence-electron chi connectivity index (χ2n) is 3.60. The number of rotatable bonds is 5. The average Bonchev–Trinajstić information content (AvgIpc) is 2.25. The van der Waals surface area contributed by atoms with Crippen molar-refractivity contribution in [3.63, 3.8) is 0 Å². The van der Waals surface area contributed by atoms with Crippen molar-refractivity contribution < 1.29 is 9.53 Å². The smallest absolute Gasteiger partial charge is 0.258 e. The van der Waals surface area contributed by atoms with Crippen LogP contribution in [0.3, 0.4) is 0 Å². The van der Waals surface area contributed by atoms with Crippen LogP contribution in [-0.2, 0) is 4.79 Å². The van der Waals surface area contributed by atoms with Crippen molar-refractivity contribution >= 4 is 37.8 Å². The molecule has 0 radical (unpaired) electrons. The Labute approximate surface area is 117 Å². The van der Waals surface area contributed by atoms with Crippen LogP contribution in [0.4, 0.5) is 0 Å². The fourth-order valence-corrected chi connectivity index (χ4v) is 2.20. The molecule has 1 aromatic carbocycles. The highest BCUT2D eigenvalue weighted by Crippen LogP contribution is 2.27. The summed E-state index contributed by atoms with van der Waals surface area (Å²) in [5.74, 6) is 0.474. The molecule has 0 unspecified atom stereocenters. The fraction of sp³-hybridized carbons (Fsp3) is 0.250. The number of nitrogens with one attached hydrogen (secondary N) is 1. The summed E-state index contributed by atoms with van der Waals surface area (Å²) in [4.78, 5) is 11.4. The van der Waals surface area contributed by atoms with Gasteiger partial charge in [-0.3, -0.25) is 4.79 Å². The number of amides is 1. The van der Waals surface area contributed by atoms with Crippen LogP contribution in [0.2, 0.25) is 0 Å². The molecule has 0 saturated carbocycles. The van der Waals surface area contributed by atoms with Crippen LogP contribution in [0.15, 0.2) is 39.3 Å². The molecule has 0 heterocycles. The maximum atomic E-state index is 11.4. The monoisotopic (exact) mass is 361 g/mol. The van der Waals surface area contributed by atoms with Gasteiger partial charge in [-0.25, -0.2) is 0 Å². The normalized spacial score (nSPS) is 9.82. The molecule has 1 N–H and O–H groups in total. The minimum Gasteiger partial charge on any atom is -0.483 e. The van der Waals surface area contributed by atoms with Crippen LogP contribution in [0.5, 0.6) is 5.75 Å². The zero-order valence-electron chi connectivity index (χ0n) is 9.43. The lowest BCUT2D eigenvalue weighted by Gasteiger charge is -2.09. The molecular formula is C12H13Br2NO2. The summed E-state index contributed by atoms with van der Waals surface area (Å²) < 4.78 is 7.13. The summed E-state index contributed by atoms with van der Waals surface area (Å²) in [5.41, 5.74) is 0.906.